The summed E-state index contributed by atoms with van der Waals surface area (Å²) in [5, 5.41) is 10.1. The molecule has 0 saturated heterocycles. The fourth-order valence-corrected chi connectivity index (χ4v) is 3.95. The minimum absolute atomic E-state index is 0.191. The van der Waals surface area contributed by atoms with Gasteiger partial charge in [-0.05, 0) is 45.0 Å². The maximum atomic E-state index is 13.0. The summed E-state index contributed by atoms with van der Waals surface area (Å²) in [5.41, 5.74) is 0.831. The molecule has 0 radical (unpaired) electrons. The third-order valence-corrected chi connectivity index (χ3v) is 5.27. The van der Waals surface area contributed by atoms with Gasteiger partial charge in [-0.15, -0.1) is 0 Å². The molecule has 2 aromatic heterocycles. The van der Waals surface area contributed by atoms with E-state index in [-0.39, 0.29) is 12.1 Å². The second-order valence-corrected chi connectivity index (χ2v) is 7.66. The van der Waals surface area contributed by atoms with Crippen molar-refractivity contribution in [3.63, 3.8) is 0 Å². The number of ketones is 1. The predicted octanol–water partition coefficient (Wildman–Crippen LogP) is 3.50. The number of halogens is 2. The van der Waals surface area contributed by atoms with Crippen LogP contribution in [0.2, 0.25) is 10.0 Å². The molecular weight excluding hydrogens is 427 g/mol. The summed E-state index contributed by atoms with van der Waals surface area (Å²) in [7, 11) is 0. The van der Waals surface area contributed by atoms with Gasteiger partial charge in [0, 0.05) is 45.4 Å². The Kier molecular flexibility index (Phi) is 6.01. The third kappa shape index (κ3) is 3.84. The molecule has 0 atom stereocenters. The number of carbonyl (C=O) groups is 1. The SMILES string of the molecule is CCn1cc(C#N)c(=O)n(CC(=O)c2cc(C)n(-c3cc(Cl)cc(Cl)c3)c2C)c1=O. The third-order valence-electron chi connectivity index (χ3n) is 4.84. The van der Waals surface area contributed by atoms with Crippen molar-refractivity contribution in [1.29, 1.82) is 5.26 Å². The lowest BCUT2D eigenvalue weighted by atomic mass is 10.1. The lowest BCUT2D eigenvalue weighted by molar-refractivity contribution is 0.0968. The number of hydrogen-bond donors (Lipinski definition) is 0. The highest BCUT2D eigenvalue weighted by molar-refractivity contribution is 6.34. The maximum absolute atomic E-state index is 13.0. The number of benzene rings is 1. The standard InChI is InChI=1S/C21H18Cl2N4O3/c1-4-25-10-14(9-24)20(29)26(21(25)30)11-19(28)18-5-12(2)27(13(18)3)17-7-15(22)6-16(23)8-17/h5-8,10H,4,11H2,1-3H3. The molecule has 3 rings (SSSR count). The second kappa shape index (κ2) is 8.34. The quantitative estimate of drug-likeness (QED) is 0.563. The zero-order valence-electron chi connectivity index (χ0n) is 16.6. The number of aromatic nitrogens is 3. The van der Waals surface area contributed by atoms with E-state index < -0.39 is 23.6 Å². The molecule has 7 nitrogen and oxygen atoms in total. The average Bonchev–Trinajstić information content (AvgIpc) is 2.98. The Morgan fingerprint density at radius 1 is 1.10 bits per heavy atom. The van der Waals surface area contributed by atoms with Crippen LogP contribution in [0.3, 0.4) is 0 Å². The van der Waals surface area contributed by atoms with Gasteiger partial charge in [0.1, 0.15) is 11.6 Å². The molecule has 1 aromatic carbocycles. The van der Waals surface area contributed by atoms with Gasteiger partial charge in [-0.2, -0.15) is 5.26 Å². The minimum atomic E-state index is -0.781. The molecular formula is C21H18Cl2N4O3. The highest BCUT2D eigenvalue weighted by Crippen LogP contribution is 2.26. The maximum Gasteiger partial charge on any atom is 0.331 e. The molecule has 0 bridgehead atoms. The summed E-state index contributed by atoms with van der Waals surface area (Å²) >= 11 is 12.2. The van der Waals surface area contributed by atoms with E-state index in [2.05, 4.69) is 0 Å². The van der Waals surface area contributed by atoms with Crippen LogP contribution in [-0.2, 0) is 13.1 Å². The summed E-state index contributed by atoms with van der Waals surface area (Å²) < 4.78 is 3.85. The Balaban J connectivity index is 2.08. The Bertz CT molecular complexity index is 1310. The van der Waals surface area contributed by atoms with E-state index in [1.54, 1.807) is 44.2 Å². The Hall–Kier alpha value is -3.08. The molecule has 154 valence electrons. The van der Waals surface area contributed by atoms with Crippen molar-refractivity contribution in [1.82, 2.24) is 13.7 Å². The van der Waals surface area contributed by atoms with Crippen molar-refractivity contribution in [2.75, 3.05) is 0 Å². The van der Waals surface area contributed by atoms with Gasteiger partial charge in [0.05, 0.1) is 6.54 Å². The zero-order valence-corrected chi connectivity index (χ0v) is 18.1. The number of hydrogen-bond acceptors (Lipinski definition) is 4. The zero-order chi connectivity index (χ0) is 22.2. The van der Waals surface area contributed by atoms with Crippen LogP contribution in [0.15, 0.2) is 40.1 Å². The molecule has 3 aromatic rings. The molecule has 0 aliphatic rings. The second-order valence-electron chi connectivity index (χ2n) is 6.79. The molecule has 30 heavy (non-hydrogen) atoms. The van der Waals surface area contributed by atoms with E-state index in [0.717, 1.165) is 10.3 Å². The van der Waals surface area contributed by atoms with Gasteiger partial charge < -0.3 is 4.57 Å². The van der Waals surface area contributed by atoms with Crippen molar-refractivity contribution >= 4 is 29.0 Å². The van der Waals surface area contributed by atoms with Crippen LogP contribution in [0.1, 0.15) is 34.2 Å². The van der Waals surface area contributed by atoms with E-state index in [1.165, 1.54) is 10.8 Å². The normalized spacial score (nSPS) is 10.8. The van der Waals surface area contributed by atoms with Crippen molar-refractivity contribution in [3.05, 3.63) is 83.9 Å². The Morgan fingerprint density at radius 2 is 1.73 bits per heavy atom. The Morgan fingerprint density at radius 3 is 2.30 bits per heavy atom. The molecule has 9 heteroatoms. The smallest absolute Gasteiger partial charge is 0.318 e. The van der Waals surface area contributed by atoms with Crippen LogP contribution in [0.5, 0.6) is 0 Å². The van der Waals surface area contributed by atoms with Crippen LogP contribution in [0.25, 0.3) is 5.69 Å². The summed E-state index contributed by atoms with van der Waals surface area (Å²) in [6.07, 6.45) is 1.21. The molecule has 2 heterocycles. The van der Waals surface area contributed by atoms with Crippen LogP contribution in [-0.4, -0.2) is 19.5 Å². The molecule has 0 aliphatic heterocycles. The first-order valence-corrected chi connectivity index (χ1v) is 9.86. The fraction of sp³-hybridized carbons (Fsp3) is 0.238. The van der Waals surface area contributed by atoms with Crippen molar-refractivity contribution in [2.45, 2.75) is 33.9 Å². The largest absolute Gasteiger partial charge is 0.331 e. The van der Waals surface area contributed by atoms with Gasteiger partial charge in [0.15, 0.2) is 5.78 Å². The molecule has 0 spiro atoms. The van der Waals surface area contributed by atoms with Crippen molar-refractivity contribution < 1.29 is 4.79 Å². The lowest BCUT2D eigenvalue weighted by Gasteiger charge is -2.11. The summed E-state index contributed by atoms with van der Waals surface area (Å²) in [4.78, 5) is 38.0. The predicted molar refractivity (Wildman–Crippen MR) is 115 cm³/mol. The van der Waals surface area contributed by atoms with Crippen LogP contribution in [0.4, 0.5) is 0 Å². The van der Waals surface area contributed by atoms with Gasteiger partial charge in [-0.1, -0.05) is 23.2 Å². The van der Waals surface area contributed by atoms with Crippen molar-refractivity contribution in [2.24, 2.45) is 0 Å². The molecule has 0 saturated carbocycles. The number of Topliss-reactive ketones (excluding diaryl/α,β-unsaturated/α-hetero) is 1. The molecule has 0 N–H and O–H groups in total. The van der Waals surface area contributed by atoms with Crippen molar-refractivity contribution in [3.8, 4) is 11.8 Å². The monoisotopic (exact) mass is 444 g/mol. The van der Waals surface area contributed by atoms with Gasteiger partial charge in [-0.3, -0.25) is 18.7 Å². The lowest BCUT2D eigenvalue weighted by Crippen LogP contribution is -2.42. The van der Waals surface area contributed by atoms with E-state index in [9.17, 15) is 19.6 Å². The summed E-state index contributed by atoms with van der Waals surface area (Å²) in [6, 6.07) is 8.52. The van der Waals surface area contributed by atoms with E-state index in [1.807, 2.05) is 11.5 Å². The minimum Gasteiger partial charge on any atom is -0.318 e. The van der Waals surface area contributed by atoms with E-state index >= 15 is 0 Å². The molecule has 0 amide bonds. The van der Waals surface area contributed by atoms with Crippen LogP contribution in [0, 0.1) is 25.2 Å². The van der Waals surface area contributed by atoms with Crippen LogP contribution < -0.4 is 11.2 Å². The number of nitrogens with zero attached hydrogens (tertiary/aromatic N) is 4. The first kappa shape index (κ1) is 21.6. The molecule has 0 fully saturated rings. The fourth-order valence-electron chi connectivity index (χ4n) is 3.44. The first-order chi connectivity index (χ1) is 14.2. The van der Waals surface area contributed by atoms with Gasteiger partial charge >= 0.3 is 5.69 Å². The topological polar surface area (TPSA) is 89.8 Å². The highest BCUT2D eigenvalue weighted by Gasteiger charge is 2.20. The number of carbonyl (C=O) groups excluding carboxylic acids is 1. The van der Waals surface area contributed by atoms with Crippen LogP contribution >= 0.6 is 23.2 Å². The average molecular weight is 445 g/mol. The van der Waals surface area contributed by atoms with Gasteiger partial charge in [0.2, 0.25) is 0 Å². The number of aryl methyl sites for hydroxylation is 2. The summed E-state index contributed by atoms with van der Waals surface area (Å²) in [6.45, 7) is 5.10. The number of rotatable bonds is 5. The van der Waals surface area contributed by atoms with E-state index in [0.29, 0.717) is 27.0 Å². The number of nitriles is 1. The highest BCUT2D eigenvalue weighted by atomic mass is 35.5. The van der Waals surface area contributed by atoms with Gasteiger partial charge in [0.25, 0.3) is 5.56 Å². The molecule has 0 unspecified atom stereocenters. The summed E-state index contributed by atoms with van der Waals surface area (Å²) in [5.74, 6) is -0.417. The Labute approximate surface area is 182 Å². The van der Waals surface area contributed by atoms with Gasteiger partial charge in [-0.25, -0.2) is 4.79 Å². The van der Waals surface area contributed by atoms with E-state index in [4.69, 9.17) is 23.2 Å². The first-order valence-electron chi connectivity index (χ1n) is 9.10. The molecule has 0 aliphatic carbocycles.